The van der Waals surface area contributed by atoms with Gasteiger partial charge >= 0.3 is 0 Å². The quantitative estimate of drug-likeness (QED) is 0.764. The smallest absolute Gasteiger partial charge is 0.160 e. The predicted octanol–water partition coefficient (Wildman–Crippen LogP) is 3.63. The monoisotopic (exact) mass is 308 g/mol. The zero-order chi connectivity index (χ0) is 15.6. The van der Waals surface area contributed by atoms with Crippen molar-refractivity contribution in [2.24, 2.45) is 5.92 Å². The van der Waals surface area contributed by atoms with Crippen molar-refractivity contribution in [3.63, 3.8) is 0 Å². The second kappa shape index (κ2) is 6.75. The molecule has 116 valence electrons. The summed E-state index contributed by atoms with van der Waals surface area (Å²) in [6, 6.07) is 4.38. The third-order valence-corrected chi connectivity index (χ3v) is 3.79. The van der Waals surface area contributed by atoms with E-state index in [1.807, 2.05) is 19.1 Å². The standard InChI is InChI=1S/C16H25ClN4/c1-11(2)8-13(10-20(4)5)21-15(9-17)19-14-7-6-12(3)18-16(14)21/h6-7,11,13H,8-10H2,1-5H3. The highest BCUT2D eigenvalue weighted by molar-refractivity contribution is 6.16. The van der Waals surface area contributed by atoms with Gasteiger partial charge < -0.3 is 9.47 Å². The van der Waals surface area contributed by atoms with Crippen molar-refractivity contribution in [1.82, 2.24) is 19.4 Å². The number of fused-ring (bicyclic) bond motifs is 1. The molecule has 0 fully saturated rings. The summed E-state index contributed by atoms with van der Waals surface area (Å²) in [5.74, 6) is 1.94. The number of imidazole rings is 1. The molecule has 2 aromatic rings. The molecule has 1 atom stereocenters. The van der Waals surface area contributed by atoms with E-state index in [-0.39, 0.29) is 0 Å². The fourth-order valence-corrected chi connectivity index (χ4v) is 3.01. The number of aryl methyl sites for hydroxylation is 1. The molecule has 21 heavy (non-hydrogen) atoms. The maximum Gasteiger partial charge on any atom is 0.160 e. The van der Waals surface area contributed by atoms with E-state index in [2.05, 4.69) is 42.4 Å². The molecule has 5 heteroatoms. The van der Waals surface area contributed by atoms with Crippen LogP contribution in [0.2, 0.25) is 0 Å². The van der Waals surface area contributed by atoms with E-state index in [4.69, 9.17) is 16.6 Å². The van der Waals surface area contributed by atoms with E-state index < -0.39 is 0 Å². The summed E-state index contributed by atoms with van der Waals surface area (Å²) in [4.78, 5) is 11.6. The number of halogens is 1. The summed E-state index contributed by atoms with van der Waals surface area (Å²) in [5, 5.41) is 0. The normalized spacial score (nSPS) is 13.5. The molecule has 0 spiro atoms. The summed E-state index contributed by atoms with van der Waals surface area (Å²) in [7, 11) is 4.21. The first-order valence-electron chi connectivity index (χ1n) is 7.47. The third-order valence-electron chi connectivity index (χ3n) is 3.55. The summed E-state index contributed by atoms with van der Waals surface area (Å²) in [6.45, 7) is 7.48. The molecule has 0 N–H and O–H groups in total. The Morgan fingerprint density at radius 2 is 1.95 bits per heavy atom. The second-order valence-corrected chi connectivity index (χ2v) is 6.64. The van der Waals surface area contributed by atoms with E-state index in [0.29, 0.717) is 17.8 Å². The summed E-state index contributed by atoms with van der Waals surface area (Å²) < 4.78 is 2.25. The molecule has 0 saturated heterocycles. The van der Waals surface area contributed by atoms with Crippen LogP contribution in [0.3, 0.4) is 0 Å². The van der Waals surface area contributed by atoms with Gasteiger partial charge in [0.05, 0.1) is 5.88 Å². The lowest BCUT2D eigenvalue weighted by molar-refractivity contribution is 0.289. The Hall–Kier alpha value is -1.13. The highest BCUT2D eigenvalue weighted by Crippen LogP contribution is 2.26. The molecule has 2 heterocycles. The Bertz CT molecular complexity index is 594. The number of rotatable bonds is 6. The van der Waals surface area contributed by atoms with Crippen LogP contribution in [0.5, 0.6) is 0 Å². The van der Waals surface area contributed by atoms with E-state index in [0.717, 1.165) is 35.6 Å². The molecule has 2 rings (SSSR count). The maximum absolute atomic E-state index is 6.14. The summed E-state index contributed by atoms with van der Waals surface area (Å²) >= 11 is 6.14. The SMILES string of the molecule is Cc1ccc2nc(CCl)n(C(CC(C)C)CN(C)C)c2n1. The summed E-state index contributed by atoms with van der Waals surface area (Å²) in [5.41, 5.74) is 2.90. The zero-order valence-corrected chi connectivity index (χ0v) is 14.4. The van der Waals surface area contributed by atoms with Crippen molar-refractivity contribution in [2.75, 3.05) is 20.6 Å². The van der Waals surface area contributed by atoms with Gasteiger partial charge in [0.25, 0.3) is 0 Å². The molecule has 0 aliphatic carbocycles. The molecule has 0 aromatic carbocycles. The van der Waals surface area contributed by atoms with Gasteiger partial charge in [-0.05, 0) is 45.5 Å². The van der Waals surface area contributed by atoms with Gasteiger partial charge in [0.2, 0.25) is 0 Å². The van der Waals surface area contributed by atoms with Crippen LogP contribution < -0.4 is 0 Å². The van der Waals surface area contributed by atoms with Crippen LogP contribution in [0.4, 0.5) is 0 Å². The van der Waals surface area contributed by atoms with Crippen molar-refractivity contribution in [3.8, 4) is 0 Å². The molecular weight excluding hydrogens is 284 g/mol. The van der Waals surface area contributed by atoms with Gasteiger partial charge in [-0.1, -0.05) is 13.8 Å². The molecule has 0 bridgehead atoms. The molecule has 0 aliphatic heterocycles. The van der Waals surface area contributed by atoms with Gasteiger partial charge in [0.1, 0.15) is 11.3 Å². The predicted molar refractivity (Wildman–Crippen MR) is 88.9 cm³/mol. The number of nitrogens with zero attached hydrogens (tertiary/aromatic N) is 4. The van der Waals surface area contributed by atoms with Crippen molar-refractivity contribution < 1.29 is 0 Å². The molecule has 2 aromatic heterocycles. The third kappa shape index (κ3) is 3.74. The van der Waals surface area contributed by atoms with E-state index >= 15 is 0 Å². The van der Waals surface area contributed by atoms with Gasteiger partial charge in [-0.25, -0.2) is 9.97 Å². The molecular formula is C16H25ClN4. The van der Waals surface area contributed by atoms with Crippen LogP contribution in [-0.4, -0.2) is 40.1 Å². The Morgan fingerprint density at radius 3 is 2.52 bits per heavy atom. The van der Waals surface area contributed by atoms with Gasteiger partial charge in [-0.15, -0.1) is 11.6 Å². The van der Waals surface area contributed by atoms with Gasteiger partial charge in [0, 0.05) is 18.3 Å². The van der Waals surface area contributed by atoms with Crippen molar-refractivity contribution >= 4 is 22.8 Å². The maximum atomic E-state index is 6.14. The molecule has 0 radical (unpaired) electrons. The number of aromatic nitrogens is 3. The van der Waals surface area contributed by atoms with Crippen LogP contribution in [0, 0.1) is 12.8 Å². The largest absolute Gasteiger partial charge is 0.307 e. The first-order valence-corrected chi connectivity index (χ1v) is 8.01. The molecule has 1 unspecified atom stereocenters. The molecule has 0 saturated carbocycles. The average Bonchev–Trinajstić information content (AvgIpc) is 2.74. The number of hydrogen-bond donors (Lipinski definition) is 0. The number of hydrogen-bond acceptors (Lipinski definition) is 3. The minimum atomic E-state index is 0.341. The van der Waals surface area contributed by atoms with Crippen LogP contribution in [0.1, 0.15) is 37.8 Å². The second-order valence-electron chi connectivity index (χ2n) is 6.37. The number of pyridine rings is 1. The average molecular weight is 309 g/mol. The lowest BCUT2D eigenvalue weighted by Gasteiger charge is -2.25. The Balaban J connectivity index is 2.55. The van der Waals surface area contributed by atoms with E-state index in [1.165, 1.54) is 0 Å². The number of likely N-dealkylation sites (N-methyl/N-ethyl adjacent to an activating group) is 1. The molecule has 0 amide bonds. The lowest BCUT2D eigenvalue weighted by atomic mass is 10.0. The zero-order valence-electron chi connectivity index (χ0n) is 13.6. The Labute approximate surface area is 132 Å². The molecule has 4 nitrogen and oxygen atoms in total. The van der Waals surface area contributed by atoms with Crippen LogP contribution in [-0.2, 0) is 5.88 Å². The first-order chi connectivity index (χ1) is 9.92. The minimum Gasteiger partial charge on any atom is -0.307 e. The van der Waals surface area contributed by atoms with Crippen molar-refractivity contribution in [2.45, 2.75) is 39.1 Å². The van der Waals surface area contributed by atoms with Gasteiger partial charge in [0.15, 0.2) is 5.65 Å². The van der Waals surface area contributed by atoms with Crippen LogP contribution in [0.25, 0.3) is 11.2 Å². The highest BCUT2D eigenvalue weighted by Gasteiger charge is 2.21. The fraction of sp³-hybridized carbons (Fsp3) is 0.625. The molecule has 0 aliphatic rings. The number of alkyl halides is 1. The Morgan fingerprint density at radius 1 is 1.24 bits per heavy atom. The van der Waals surface area contributed by atoms with Crippen LogP contribution in [0.15, 0.2) is 12.1 Å². The van der Waals surface area contributed by atoms with Crippen molar-refractivity contribution in [3.05, 3.63) is 23.7 Å². The van der Waals surface area contributed by atoms with E-state index in [1.54, 1.807) is 0 Å². The highest BCUT2D eigenvalue weighted by atomic mass is 35.5. The van der Waals surface area contributed by atoms with Crippen molar-refractivity contribution in [1.29, 1.82) is 0 Å². The van der Waals surface area contributed by atoms with Gasteiger partial charge in [-0.3, -0.25) is 0 Å². The lowest BCUT2D eigenvalue weighted by Crippen LogP contribution is -2.27. The Kier molecular flexibility index (Phi) is 5.22. The first kappa shape index (κ1) is 16.2. The summed E-state index contributed by atoms with van der Waals surface area (Å²) in [6.07, 6.45) is 1.09. The topological polar surface area (TPSA) is 34.0 Å². The minimum absolute atomic E-state index is 0.341. The van der Waals surface area contributed by atoms with Crippen LogP contribution >= 0.6 is 11.6 Å². The van der Waals surface area contributed by atoms with Gasteiger partial charge in [-0.2, -0.15) is 0 Å². The van der Waals surface area contributed by atoms with E-state index in [9.17, 15) is 0 Å². The fourth-order valence-electron chi connectivity index (χ4n) is 2.82.